The van der Waals surface area contributed by atoms with E-state index in [1.807, 2.05) is 41.4 Å². The first-order valence-electron chi connectivity index (χ1n) is 11.9. The average molecular weight is 450 g/mol. The quantitative estimate of drug-likeness (QED) is 0.734. The monoisotopic (exact) mass is 449 g/mol. The fourth-order valence-corrected chi connectivity index (χ4v) is 4.77. The number of nitrogens with zero attached hydrogens (tertiary/aromatic N) is 4. The molecule has 0 radical (unpaired) electrons. The smallest absolute Gasteiger partial charge is 0.321 e. The number of carbonyl (C=O) groups excluding carboxylic acids is 2. The fourth-order valence-electron chi connectivity index (χ4n) is 4.77. The van der Waals surface area contributed by atoms with Gasteiger partial charge >= 0.3 is 6.03 Å². The molecule has 3 aliphatic rings. The van der Waals surface area contributed by atoms with Crippen LogP contribution in [0.1, 0.15) is 30.7 Å². The highest BCUT2D eigenvalue weighted by atomic mass is 16.5. The van der Waals surface area contributed by atoms with Crippen molar-refractivity contribution in [2.75, 3.05) is 51.1 Å². The highest BCUT2D eigenvalue weighted by Crippen LogP contribution is 2.27. The van der Waals surface area contributed by atoms with Crippen LogP contribution < -0.4 is 10.1 Å². The Kier molecular flexibility index (Phi) is 6.44. The molecule has 0 spiro atoms. The Morgan fingerprint density at radius 2 is 1.79 bits per heavy atom. The van der Waals surface area contributed by atoms with Crippen molar-refractivity contribution >= 4 is 17.6 Å². The molecule has 5 rings (SSSR count). The third-order valence-electron chi connectivity index (χ3n) is 6.79. The zero-order valence-corrected chi connectivity index (χ0v) is 18.9. The van der Waals surface area contributed by atoms with Crippen LogP contribution in [0.4, 0.5) is 10.5 Å². The lowest BCUT2D eigenvalue weighted by Gasteiger charge is -2.39. The minimum atomic E-state index is -0.0910. The molecule has 174 valence electrons. The van der Waals surface area contributed by atoms with Crippen molar-refractivity contribution in [3.63, 3.8) is 0 Å². The summed E-state index contributed by atoms with van der Waals surface area (Å²) in [6.07, 6.45) is 6.87. The van der Waals surface area contributed by atoms with Gasteiger partial charge in [0.05, 0.1) is 13.1 Å². The van der Waals surface area contributed by atoms with Crippen LogP contribution in [0.15, 0.2) is 48.8 Å². The zero-order chi connectivity index (χ0) is 22.6. The Balaban J connectivity index is 1.05. The molecule has 3 amide bonds. The number of anilines is 1. The molecule has 0 saturated carbocycles. The Morgan fingerprint density at radius 3 is 2.52 bits per heavy atom. The van der Waals surface area contributed by atoms with E-state index in [1.165, 1.54) is 18.4 Å². The van der Waals surface area contributed by atoms with Crippen molar-refractivity contribution in [2.45, 2.75) is 31.3 Å². The molecule has 1 N–H and O–H groups in total. The minimum absolute atomic E-state index is 0.0125. The highest BCUT2D eigenvalue weighted by Gasteiger charge is 2.32. The molecule has 0 aliphatic carbocycles. The lowest BCUT2D eigenvalue weighted by Crippen LogP contribution is -2.50. The van der Waals surface area contributed by atoms with Crippen LogP contribution in [-0.4, -0.2) is 83.5 Å². The molecular formula is C25H31N5O3. The van der Waals surface area contributed by atoms with Crippen molar-refractivity contribution in [2.24, 2.45) is 0 Å². The van der Waals surface area contributed by atoms with E-state index in [9.17, 15) is 9.59 Å². The maximum atomic E-state index is 12.5. The van der Waals surface area contributed by atoms with Crippen LogP contribution in [0, 0.1) is 0 Å². The van der Waals surface area contributed by atoms with Crippen molar-refractivity contribution in [1.82, 2.24) is 19.7 Å². The van der Waals surface area contributed by atoms with E-state index >= 15 is 0 Å². The zero-order valence-electron chi connectivity index (χ0n) is 18.9. The number of likely N-dealkylation sites (tertiary alicyclic amines) is 3. The summed E-state index contributed by atoms with van der Waals surface area (Å²) < 4.78 is 6.09. The van der Waals surface area contributed by atoms with Gasteiger partial charge in [-0.15, -0.1) is 0 Å². The third-order valence-corrected chi connectivity index (χ3v) is 6.79. The standard InChI is InChI=1S/C25H31N5O3/c31-24(18-28-11-1-2-12-28)29-13-9-23(17-29)33-22-7-5-21(6-8-22)27-25(32)30-15-20(16-30)19-4-3-10-26-14-19/h3-8,10,14,20,23H,1-2,9,11-13,15-18H2,(H,27,32). The van der Waals surface area contributed by atoms with Crippen LogP contribution in [0.25, 0.3) is 0 Å². The molecule has 2 aromatic rings. The molecule has 1 unspecified atom stereocenters. The summed E-state index contributed by atoms with van der Waals surface area (Å²) in [7, 11) is 0. The molecule has 0 bridgehead atoms. The molecule has 33 heavy (non-hydrogen) atoms. The summed E-state index contributed by atoms with van der Waals surface area (Å²) in [5.41, 5.74) is 1.91. The maximum absolute atomic E-state index is 12.5. The van der Waals surface area contributed by atoms with Crippen molar-refractivity contribution in [3.8, 4) is 5.75 Å². The second-order valence-corrected chi connectivity index (χ2v) is 9.19. The molecule has 3 saturated heterocycles. The number of aromatic nitrogens is 1. The molecule has 1 aromatic heterocycles. The van der Waals surface area contributed by atoms with Crippen LogP contribution in [-0.2, 0) is 4.79 Å². The second kappa shape index (κ2) is 9.79. The van der Waals surface area contributed by atoms with Gasteiger partial charge in [0.15, 0.2) is 0 Å². The van der Waals surface area contributed by atoms with Crippen molar-refractivity contribution < 1.29 is 14.3 Å². The molecule has 4 heterocycles. The Hall–Kier alpha value is -3.13. The molecule has 1 aromatic carbocycles. The van der Waals surface area contributed by atoms with Gasteiger partial charge in [-0.1, -0.05) is 6.07 Å². The van der Waals surface area contributed by atoms with Gasteiger partial charge in [0.25, 0.3) is 0 Å². The number of amides is 3. The Bertz CT molecular complexity index is 956. The van der Waals surface area contributed by atoms with E-state index in [0.717, 1.165) is 37.5 Å². The van der Waals surface area contributed by atoms with Gasteiger partial charge in [-0.3, -0.25) is 14.7 Å². The molecular weight excluding hydrogens is 418 g/mol. The van der Waals surface area contributed by atoms with Crippen molar-refractivity contribution in [3.05, 3.63) is 54.4 Å². The summed E-state index contributed by atoms with van der Waals surface area (Å²) >= 11 is 0. The Labute approximate surface area is 194 Å². The first-order chi connectivity index (χ1) is 16.1. The van der Waals surface area contributed by atoms with Crippen LogP contribution in [0.5, 0.6) is 5.75 Å². The molecule has 8 heteroatoms. The number of urea groups is 1. The molecule has 1 atom stereocenters. The molecule has 3 aliphatic heterocycles. The highest BCUT2D eigenvalue weighted by molar-refractivity contribution is 5.90. The van der Waals surface area contributed by atoms with Crippen LogP contribution in [0.3, 0.4) is 0 Å². The number of rotatable bonds is 6. The van der Waals surface area contributed by atoms with E-state index in [-0.39, 0.29) is 18.0 Å². The third kappa shape index (κ3) is 5.27. The summed E-state index contributed by atoms with van der Waals surface area (Å²) in [4.78, 5) is 35.1. The summed E-state index contributed by atoms with van der Waals surface area (Å²) in [5.74, 6) is 1.32. The lowest BCUT2D eigenvalue weighted by atomic mass is 9.93. The predicted molar refractivity (Wildman–Crippen MR) is 125 cm³/mol. The normalized spacial score (nSPS) is 21.2. The van der Waals surface area contributed by atoms with E-state index in [1.54, 1.807) is 11.1 Å². The molecule has 8 nitrogen and oxygen atoms in total. The van der Waals surface area contributed by atoms with Gasteiger partial charge in [0.2, 0.25) is 5.91 Å². The van der Waals surface area contributed by atoms with Gasteiger partial charge in [-0.2, -0.15) is 0 Å². The van der Waals surface area contributed by atoms with Gasteiger partial charge in [-0.05, 0) is 61.8 Å². The number of hydrogen-bond donors (Lipinski definition) is 1. The van der Waals surface area contributed by atoms with E-state index < -0.39 is 0 Å². The van der Waals surface area contributed by atoms with Gasteiger partial charge in [0.1, 0.15) is 11.9 Å². The number of benzene rings is 1. The van der Waals surface area contributed by atoms with Gasteiger partial charge < -0.3 is 19.9 Å². The summed E-state index contributed by atoms with van der Waals surface area (Å²) in [6, 6.07) is 11.4. The maximum Gasteiger partial charge on any atom is 0.321 e. The van der Waals surface area contributed by atoms with Gasteiger partial charge in [-0.25, -0.2) is 4.79 Å². The minimum Gasteiger partial charge on any atom is -0.489 e. The first-order valence-corrected chi connectivity index (χ1v) is 11.9. The fraction of sp³-hybridized carbons (Fsp3) is 0.480. The predicted octanol–water partition coefficient (Wildman–Crippen LogP) is 2.79. The van der Waals surface area contributed by atoms with Crippen molar-refractivity contribution in [1.29, 1.82) is 0 Å². The van der Waals surface area contributed by atoms with Crippen LogP contribution >= 0.6 is 0 Å². The summed E-state index contributed by atoms with van der Waals surface area (Å²) in [5, 5.41) is 2.95. The van der Waals surface area contributed by atoms with Gasteiger partial charge in [0, 0.05) is 50.1 Å². The SMILES string of the molecule is O=C(CN1CCCC1)N1CCC(Oc2ccc(NC(=O)N3CC(c4cccnc4)C3)cc2)C1. The summed E-state index contributed by atoms with van der Waals surface area (Å²) in [6.45, 7) is 5.39. The number of nitrogens with one attached hydrogen (secondary N) is 1. The Morgan fingerprint density at radius 1 is 1.00 bits per heavy atom. The van der Waals surface area contributed by atoms with E-state index in [4.69, 9.17) is 4.74 Å². The topological polar surface area (TPSA) is 78.0 Å². The number of carbonyl (C=O) groups is 2. The lowest BCUT2D eigenvalue weighted by molar-refractivity contribution is -0.131. The molecule has 3 fully saturated rings. The number of ether oxygens (including phenoxy) is 1. The number of pyridine rings is 1. The van der Waals surface area contributed by atoms with E-state index in [0.29, 0.717) is 32.1 Å². The second-order valence-electron chi connectivity index (χ2n) is 9.19. The largest absolute Gasteiger partial charge is 0.489 e. The average Bonchev–Trinajstić information content (AvgIpc) is 3.47. The van der Waals surface area contributed by atoms with Crippen LogP contribution in [0.2, 0.25) is 0 Å². The number of hydrogen-bond acceptors (Lipinski definition) is 5. The first kappa shape index (κ1) is 21.7. The van der Waals surface area contributed by atoms with E-state index in [2.05, 4.69) is 21.3 Å².